The number of amides is 2. The van der Waals surface area contributed by atoms with Gasteiger partial charge in [-0.15, -0.1) is 0 Å². The second-order valence-electron chi connectivity index (χ2n) is 9.67. The predicted octanol–water partition coefficient (Wildman–Crippen LogP) is 2.98. The highest BCUT2D eigenvalue weighted by atomic mass is 16.6. The summed E-state index contributed by atoms with van der Waals surface area (Å²) in [4.78, 5) is 27.5. The molecule has 0 spiro atoms. The second kappa shape index (κ2) is 9.04. The molecule has 1 saturated carbocycles. The average molecular weight is 425 g/mol. The Labute approximate surface area is 184 Å². The summed E-state index contributed by atoms with van der Waals surface area (Å²) in [6.07, 6.45) is 8.74. The molecule has 4 aliphatic rings. The molecule has 0 aromatic heterocycles. The molecule has 3 aliphatic heterocycles. The zero-order valence-corrected chi connectivity index (χ0v) is 18.0. The van der Waals surface area contributed by atoms with Gasteiger partial charge < -0.3 is 14.5 Å². The van der Waals surface area contributed by atoms with E-state index >= 15 is 0 Å². The van der Waals surface area contributed by atoms with Crippen LogP contribution in [0.3, 0.4) is 0 Å². The van der Waals surface area contributed by atoms with E-state index in [1.165, 1.54) is 49.8 Å². The van der Waals surface area contributed by atoms with Crippen molar-refractivity contribution in [3.63, 3.8) is 0 Å². The number of hydrogen-bond acceptors (Lipinski definition) is 5. The Bertz CT molecular complexity index is 794. The van der Waals surface area contributed by atoms with Gasteiger partial charge in [0.05, 0.1) is 35.8 Å². The fraction of sp³-hybridized carbons (Fsp3) is 0.667. The van der Waals surface area contributed by atoms with Crippen molar-refractivity contribution in [2.45, 2.75) is 88.0 Å². The second-order valence-corrected chi connectivity index (χ2v) is 9.67. The average Bonchev–Trinajstić information content (AvgIpc) is 3.40. The summed E-state index contributed by atoms with van der Waals surface area (Å²) in [5.74, 6) is -1.18. The molecule has 2 amide bonds. The predicted molar refractivity (Wildman–Crippen MR) is 118 cm³/mol. The quantitative estimate of drug-likeness (QED) is 0.593. The lowest BCUT2D eigenvalue weighted by Gasteiger charge is -2.30. The fourth-order valence-corrected chi connectivity index (χ4v) is 6.04. The van der Waals surface area contributed by atoms with Crippen molar-refractivity contribution >= 4 is 25.0 Å². The van der Waals surface area contributed by atoms with Crippen LogP contribution in [0.15, 0.2) is 30.3 Å². The Kier molecular flexibility index (Phi) is 6.18. The number of rotatable bonds is 4. The van der Waals surface area contributed by atoms with Crippen molar-refractivity contribution in [2.24, 2.45) is 11.8 Å². The van der Waals surface area contributed by atoms with Gasteiger partial charge in [0.2, 0.25) is 11.8 Å². The zero-order chi connectivity index (χ0) is 21.4. The number of para-hydroxylation sites is 1. The molecule has 4 fully saturated rings. The van der Waals surface area contributed by atoms with Crippen LogP contribution >= 0.6 is 0 Å². The molecule has 7 heteroatoms. The summed E-state index contributed by atoms with van der Waals surface area (Å²) >= 11 is 0. The first-order valence-electron chi connectivity index (χ1n) is 12.0. The lowest BCUT2D eigenvalue weighted by Crippen LogP contribution is -2.49. The molecule has 3 saturated heterocycles. The molecular weight excluding hydrogens is 393 g/mol. The third-order valence-corrected chi connectivity index (χ3v) is 7.68. The first-order valence-corrected chi connectivity index (χ1v) is 12.0. The highest BCUT2D eigenvalue weighted by molar-refractivity contribution is 6.29. The number of anilines is 1. The van der Waals surface area contributed by atoms with E-state index in [2.05, 4.69) is 0 Å². The van der Waals surface area contributed by atoms with E-state index in [-0.39, 0.29) is 11.8 Å². The summed E-state index contributed by atoms with van der Waals surface area (Å²) < 4.78 is 12.2. The van der Waals surface area contributed by atoms with E-state index in [1.54, 1.807) is 12.1 Å². The number of carbonyl (C=O) groups is 2. The van der Waals surface area contributed by atoms with Crippen molar-refractivity contribution in [1.29, 1.82) is 0 Å². The number of nitrogens with zero attached hydrogens (tertiary/aromatic N) is 1. The molecule has 1 aromatic rings. The Hall–Kier alpha value is -1.70. The van der Waals surface area contributed by atoms with Gasteiger partial charge in [-0.25, -0.2) is 4.90 Å². The van der Waals surface area contributed by atoms with E-state index in [4.69, 9.17) is 9.39 Å². The Balaban J connectivity index is 1.26. The van der Waals surface area contributed by atoms with Crippen molar-refractivity contribution < 1.29 is 24.1 Å². The number of fused-ring (bicyclic) bond motifs is 5. The van der Waals surface area contributed by atoms with Crippen molar-refractivity contribution in [3.05, 3.63) is 30.3 Å². The van der Waals surface area contributed by atoms with E-state index < -0.39 is 36.3 Å². The summed E-state index contributed by atoms with van der Waals surface area (Å²) in [5.41, 5.74) is 0.583. The monoisotopic (exact) mass is 425 g/mol. The first kappa shape index (κ1) is 21.2. The number of aliphatic hydroxyl groups is 1. The van der Waals surface area contributed by atoms with Gasteiger partial charge in [0.25, 0.3) is 7.48 Å². The molecule has 1 aliphatic carbocycles. The molecule has 5 rings (SSSR count). The molecule has 0 radical (unpaired) electrons. The molecule has 1 N–H and O–H groups in total. The van der Waals surface area contributed by atoms with Crippen LogP contribution in [0.5, 0.6) is 0 Å². The normalized spacial score (nSPS) is 36.6. The number of imide groups is 1. The Morgan fingerprint density at radius 1 is 0.871 bits per heavy atom. The zero-order valence-electron chi connectivity index (χ0n) is 18.0. The van der Waals surface area contributed by atoms with Crippen LogP contribution in [0, 0.1) is 11.8 Å². The van der Waals surface area contributed by atoms with E-state index in [9.17, 15) is 14.7 Å². The number of benzene rings is 1. The van der Waals surface area contributed by atoms with Crippen LogP contribution in [0.2, 0.25) is 5.82 Å². The number of carbonyl (C=O) groups excluding carboxylic acids is 2. The number of aliphatic hydroxyl groups excluding tert-OH is 1. The minimum Gasteiger partial charge on any atom is -0.431 e. The van der Waals surface area contributed by atoms with Crippen molar-refractivity contribution in [1.82, 2.24) is 0 Å². The van der Waals surface area contributed by atoms with Gasteiger partial charge >= 0.3 is 0 Å². The van der Waals surface area contributed by atoms with Gasteiger partial charge in [-0.2, -0.15) is 0 Å². The molecule has 6 nitrogen and oxygen atoms in total. The number of hydrogen-bond donors (Lipinski definition) is 1. The topological polar surface area (TPSA) is 76.1 Å². The third kappa shape index (κ3) is 3.85. The standard InChI is InChI=1S/C24H32BNO5/c27-19-20-17-18(24(29)26(23(17)28)16-13-9-6-10-14-16)21(30-20)22(19)31-25-15-11-7-4-2-1-3-5-8-12-15/h6,9-10,13-15,17-22,25,27H,1-5,7-8,11-12H2. The van der Waals surface area contributed by atoms with E-state index in [1.807, 2.05) is 18.2 Å². The van der Waals surface area contributed by atoms with Crippen LogP contribution in [0.4, 0.5) is 5.69 Å². The van der Waals surface area contributed by atoms with E-state index in [0.29, 0.717) is 19.0 Å². The maximum absolute atomic E-state index is 13.2. The molecule has 31 heavy (non-hydrogen) atoms. The highest BCUT2D eigenvalue weighted by Crippen LogP contribution is 2.50. The van der Waals surface area contributed by atoms with Gasteiger partial charge in [-0.1, -0.05) is 76.0 Å². The summed E-state index contributed by atoms with van der Waals surface area (Å²) in [7, 11) is 0.593. The van der Waals surface area contributed by atoms with Gasteiger partial charge in [-0.05, 0) is 17.9 Å². The van der Waals surface area contributed by atoms with Gasteiger partial charge in [0.15, 0.2) is 0 Å². The lowest BCUT2D eigenvalue weighted by atomic mass is 9.71. The van der Waals surface area contributed by atoms with Crippen LogP contribution in [-0.2, 0) is 19.0 Å². The molecule has 3 heterocycles. The Morgan fingerprint density at radius 2 is 1.45 bits per heavy atom. The summed E-state index contributed by atoms with van der Waals surface area (Å²) in [6, 6.07) is 9.02. The Morgan fingerprint density at radius 3 is 2.10 bits per heavy atom. The highest BCUT2D eigenvalue weighted by Gasteiger charge is 2.69. The maximum atomic E-state index is 13.2. The minimum absolute atomic E-state index is 0.229. The minimum atomic E-state index is -0.863. The van der Waals surface area contributed by atoms with Crippen LogP contribution < -0.4 is 4.90 Å². The number of ether oxygens (including phenoxy) is 1. The molecule has 166 valence electrons. The van der Waals surface area contributed by atoms with Crippen molar-refractivity contribution in [2.75, 3.05) is 4.90 Å². The fourth-order valence-electron chi connectivity index (χ4n) is 6.04. The van der Waals surface area contributed by atoms with Crippen LogP contribution in [0.1, 0.15) is 57.8 Å². The molecular formula is C24H32BNO5. The largest absolute Gasteiger partial charge is 0.431 e. The maximum Gasteiger partial charge on any atom is 0.278 e. The smallest absolute Gasteiger partial charge is 0.278 e. The molecule has 6 atom stereocenters. The van der Waals surface area contributed by atoms with Gasteiger partial charge in [0, 0.05) is 0 Å². The molecule has 6 unspecified atom stereocenters. The molecule has 1 aromatic carbocycles. The summed E-state index contributed by atoms with van der Waals surface area (Å²) in [6.45, 7) is 0. The third-order valence-electron chi connectivity index (χ3n) is 7.68. The van der Waals surface area contributed by atoms with E-state index in [0.717, 1.165) is 12.8 Å². The van der Waals surface area contributed by atoms with Crippen LogP contribution in [-0.4, -0.2) is 48.8 Å². The van der Waals surface area contributed by atoms with Crippen LogP contribution in [0.25, 0.3) is 0 Å². The van der Waals surface area contributed by atoms with Crippen molar-refractivity contribution in [3.8, 4) is 0 Å². The SMILES string of the molecule is O=C1C2C3OC(C(OBC4CCCCCCCCC4)C3O)C2C(=O)N1c1ccccc1. The van der Waals surface area contributed by atoms with Gasteiger partial charge in [-0.3, -0.25) is 9.59 Å². The molecule has 2 bridgehead atoms. The first-order chi connectivity index (χ1) is 15.2. The van der Waals surface area contributed by atoms with Gasteiger partial charge in [0.1, 0.15) is 6.10 Å². The lowest BCUT2D eigenvalue weighted by molar-refractivity contribution is -0.125. The summed E-state index contributed by atoms with van der Waals surface area (Å²) in [5, 5.41) is 10.9.